The molecule has 0 spiro atoms. The summed E-state index contributed by atoms with van der Waals surface area (Å²) in [6.45, 7) is 1.78. The van der Waals surface area contributed by atoms with Crippen molar-refractivity contribution in [3.8, 4) is 0 Å². The maximum absolute atomic E-state index is 13.9. The monoisotopic (exact) mass is 364 g/mol. The summed E-state index contributed by atoms with van der Waals surface area (Å²) in [6.07, 6.45) is 1.59. The molecule has 5 nitrogen and oxygen atoms in total. The summed E-state index contributed by atoms with van der Waals surface area (Å²) in [5, 5.41) is 2.83. The number of hydrogen-bond donors (Lipinski definition) is 1. The second kappa shape index (κ2) is 8.82. The number of nitrogens with zero attached hydrogens (tertiary/aromatic N) is 1. The highest BCUT2D eigenvalue weighted by Crippen LogP contribution is 2.23. The summed E-state index contributed by atoms with van der Waals surface area (Å²) in [7, 11) is 3.81. The van der Waals surface area contributed by atoms with Crippen LogP contribution in [-0.2, 0) is 4.79 Å². The highest BCUT2D eigenvalue weighted by Gasteiger charge is 2.18. The van der Waals surface area contributed by atoms with Crippen LogP contribution in [0.25, 0.3) is 0 Å². The number of nitrogens with one attached hydrogen (secondary N) is 1. The van der Waals surface area contributed by atoms with Crippen molar-refractivity contribution in [3.63, 3.8) is 0 Å². The predicted molar refractivity (Wildman–Crippen MR) is 95.3 cm³/mol. The quantitative estimate of drug-likeness (QED) is 0.576. The molecule has 0 aliphatic rings. The molecule has 1 amide bonds. The van der Waals surface area contributed by atoms with Crippen LogP contribution in [0.4, 0.5) is 4.39 Å². The first-order chi connectivity index (χ1) is 11.9. The molecule has 1 heterocycles. The Balaban J connectivity index is 1.87. The summed E-state index contributed by atoms with van der Waals surface area (Å²) >= 11 is 1.10. The van der Waals surface area contributed by atoms with Crippen LogP contribution < -0.4 is 5.32 Å². The zero-order chi connectivity index (χ0) is 18.4. The lowest BCUT2D eigenvalue weighted by Crippen LogP contribution is -2.35. The average molecular weight is 364 g/mol. The van der Waals surface area contributed by atoms with Gasteiger partial charge in [0.05, 0.1) is 18.1 Å². The van der Waals surface area contributed by atoms with Crippen LogP contribution in [0.2, 0.25) is 0 Å². The molecule has 0 bridgehead atoms. The SMILES string of the molecule is CC(=O)c1ccc(SCC(=O)NCC(c2ccco2)N(C)C)c(F)c1. The Morgan fingerprint density at radius 3 is 2.64 bits per heavy atom. The number of halogens is 1. The van der Waals surface area contributed by atoms with Gasteiger partial charge >= 0.3 is 0 Å². The molecule has 0 aliphatic heterocycles. The van der Waals surface area contributed by atoms with Crippen molar-refractivity contribution < 1.29 is 18.4 Å². The number of rotatable bonds is 8. The largest absolute Gasteiger partial charge is 0.468 e. The molecule has 1 N–H and O–H groups in total. The van der Waals surface area contributed by atoms with Gasteiger partial charge in [0.2, 0.25) is 5.91 Å². The molecule has 1 unspecified atom stereocenters. The number of thioether (sulfide) groups is 1. The summed E-state index contributed by atoms with van der Waals surface area (Å²) in [5.41, 5.74) is 0.318. The van der Waals surface area contributed by atoms with Crippen molar-refractivity contribution in [2.75, 3.05) is 26.4 Å². The van der Waals surface area contributed by atoms with Gasteiger partial charge in [0, 0.05) is 17.0 Å². The van der Waals surface area contributed by atoms with Gasteiger partial charge in [-0.15, -0.1) is 11.8 Å². The van der Waals surface area contributed by atoms with E-state index in [0.29, 0.717) is 17.0 Å². The van der Waals surface area contributed by atoms with Crippen LogP contribution in [0, 0.1) is 5.82 Å². The minimum atomic E-state index is -0.493. The first kappa shape index (κ1) is 19.2. The maximum Gasteiger partial charge on any atom is 0.230 e. The van der Waals surface area contributed by atoms with E-state index in [1.165, 1.54) is 19.1 Å². The lowest BCUT2D eigenvalue weighted by Gasteiger charge is -2.22. The molecule has 1 aromatic carbocycles. The maximum atomic E-state index is 13.9. The molecule has 0 radical (unpaired) electrons. The topological polar surface area (TPSA) is 62.6 Å². The van der Waals surface area contributed by atoms with Crippen molar-refractivity contribution in [1.82, 2.24) is 10.2 Å². The fourth-order valence-electron chi connectivity index (χ4n) is 2.26. The Bertz CT molecular complexity index is 732. The van der Waals surface area contributed by atoms with Crippen molar-refractivity contribution in [3.05, 3.63) is 53.7 Å². The Morgan fingerprint density at radius 2 is 2.08 bits per heavy atom. The summed E-state index contributed by atoms with van der Waals surface area (Å²) in [6, 6.07) is 7.87. The average Bonchev–Trinajstić information content (AvgIpc) is 3.07. The smallest absolute Gasteiger partial charge is 0.230 e. The van der Waals surface area contributed by atoms with E-state index in [2.05, 4.69) is 5.32 Å². The predicted octanol–water partition coefficient (Wildman–Crippen LogP) is 3.13. The number of benzene rings is 1. The first-order valence-electron chi connectivity index (χ1n) is 7.78. The Kier molecular flexibility index (Phi) is 6.78. The molecule has 134 valence electrons. The van der Waals surface area contributed by atoms with Gasteiger partial charge in [0.25, 0.3) is 0 Å². The van der Waals surface area contributed by atoms with E-state index in [0.717, 1.165) is 17.5 Å². The lowest BCUT2D eigenvalue weighted by molar-refractivity contribution is -0.118. The van der Waals surface area contributed by atoms with Crippen LogP contribution in [0.15, 0.2) is 45.9 Å². The van der Waals surface area contributed by atoms with E-state index >= 15 is 0 Å². The molecule has 2 rings (SSSR count). The van der Waals surface area contributed by atoms with Crippen molar-refractivity contribution in [1.29, 1.82) is 0 Å². The minimum absolute atomic E-state index is 0.0736. The van der Waals surface area contributed by atoms with Gasteiger partial charge in [-0.05, 0) is 45.3 Å². The second-order valence-corrected chi connectivity index (χ2v) is 6.81. The normalized spacial score (nSPS) is 12.2. The van der Waals surface area contributed by atoms with Crippen molar-refractivity contribution in [2.24, 2.45) is 0 Å². The van der Waals surface area contributed by atoms with E-state index < -0.39 is 5.82 Å². The van der Waals surface area contributed by atoms with Crippen molar-refractivity contribution >= 4 is 23.5 Å². The number of carbonyl (C=O) groups is 2. The molecule has 1 atom stereocenters. The van der Waals surface area contributed by atoms with E-state index in [1.807, 2.05) is 25.1 Å². The molecule has 0 fully saturated rings. The zero-order valence-electron chi connectivity index (χ0n) is 14.4. The van der Waals surface area contributed by atoms with Gasteiger partial charge in [-0.2, -0.15) is 0 Å². The highest BCUT2D eigenvalue weighted by molar-refractivity contribution is 8.00. The molecular weight excluding hydrogens is 343 g/mol. The third-order valence-electron chi connectivity index (χ3n) is 3.68. The number of amides is 1. The number of likely N-dealkylation sites (N-methyl/N-ethyl adjacent to an activating group) is 1. The molecule has 1 aromatic heterocycles. The Morgan fingerprint density at radius 1 is 1.32 bits per heavy atom. The van der Waals surface area contributed by atoms with Crippen LogP contribution in [0.3, 0.4) is 0 Å². The molecule has 2 aromatic rings. The number of carbonyl (C=O) groups excluding carboxylic acids is 2. The minimum Gasteiger partial charge on any atom is -0.468 e. The summed E-state index contributed by atoms with van der Waals surface area (Å²) in [4.78, 5) is 25.6. The number of ketones is 1. The molecule has 0 saturated heterocycles. The lowest BCUT2D eigenvalue weighted by atomic mass is 10.1. The van der Waals surface area contributed by atoms with Crippen LogP contribution in [-0.4, -0.2) is 43.0 Å². The van der Waals surface area contributed by atoms with Crippen LogP contribution in [0.5, 0.6) is 0 Å². The van der Waals surface area contributed by atoms with Gasteiger partial charge in [-0.1, -0.05) is 6.07 Å². The van der Waals surface area contributed by atoms with E-state index in [-0.39, 0.29) is 23.5 Å². The number of Topliss-reactive ketones (excluding diaryl/α,β-unsaturated/α-hetero) is 1. The van der Waals surface area contributed by atoms with Gasteiger partial charge in [0.15, 0.2) is 5.78 Å². The van der Waals surface area contributed by atoms with Gasteiger partial charge in [0.1, 0.15) is 11.6 Å². The van der Waals surface area contributed by atoms with Gasteiger partial charge < -0.3 is 9.73 Å². The van der Waals surface area contributed by atoms with Crippen LogP contribution >= 0.6 is 11.8 Å². The fraction of sp³-hybridized carbons (Fsp3) is 0.333. The standard InChI is InChI=1S/C18H21FN2O3S/c1-12(22)13-6-7-17(14(19)9-13)25-11-18(23)20-10-15(21(2)3)16-5-4-8-24-16/h4-9,15H,10-11H2,1-3H3,(H,20,23). The molecule has 0 aliphatic carbocycles. The van der Waals surface area contributed by atoms with E-state index in [1.54, 1.807) is 18.4 Å². The number of hydrogen-bond acceptors (Lipinski definition) is 5. The molecule has 0 saturated carbocycles. The Labute approximate surface area is 150 Å². The summed E-state index contributed by atoms with van der Waals surface area (Å²) < 4.78 is 19.3. The first-order valence-corrected chi connectivity index (χ1v) is 8.77. The zero-order valence-corrected chi connectivity index (χ0v) is 15.2. The van der Waals surface area contributed by atoms with E-state index in [9.17, 15) is 14.0 Å². The molecular formula is C18H21FN2O3S. The number of furan rings is 1. The van der Waals surface area contributed by atoms with E-state index in [4.69, 9.17) is 4.42 Å². The second-order valence-electron chi connectivity index (χ2n) is 5.79. The fourth-order valence-corrected chi connectivity index (χ4v) is 3.01. The van der Waals surface area contributed by atoms with Crippen LogP contribution in [0.1, 0.15) is 29.1 Å². The molecule has 25 heavy (non-hydrogen) atoms. The Hall–Kier alpha value is -2.12. The highest BCUT2D eigenvalue weighted by atomic mass is 32.2. The van der Waals surface area contributed by atoms with Gasteiger partial charge in [-0.3, -0.25) is 14.5 Å². The third kappa shape index (κ3) is 5.44. The molecule has 7 heteroatoms. The third-order valence-corrected chi connectivity index (χ3v) is 4.73. The van der Waals surface area contributed by atoms with Gasteiger partial charge in [-0.25, -0.2) is 4.39 Å². The van der Waals surface area contributed by atoms with Crippen molar-refractivity contribution in [2.45, 2.75) is 17.9 Å². The summed E-state index contributed by atoms with van der Waals surface area (Å²) in [5.74, 6) is -0.0235.